The number of ether oxygens (including phenoxy) is 2. The van der Waals surface area contributed by atoms with Crippen molar-refractivity contribution in [3.63, 3.8) is 0 Å². The van der Waals surface area contributed by atoms with Crippen molar-refractivity contribution in [2.24, 2.45) is 5.73 Å². The highest BCUT2D eigenvalue weighted by atomic mass is 16.5. The molecule has 0 aliphatic carbocycles. The number of unbranched alkanes of at least 4 members (excludes halogenated alkanes) is 1. The van der Waals surface area contributed by atoms with Gasteiger partial charge in [-0.1, -0.05) is 6.58 Å². The molecule has 0 aromatic heterocycles. The maximum absolute atomic E-state index is 11.9. The van der Waals surface area contributed by atoms with Crippen molar-refractivity contribution < 1.29 is 49.4 Å². The molecule has 30 heavy (non-hydrogen) atoms. The molecule has 1 rings (SSSR count). The smallest absolute Gasteiger partial charge is 0.339 e. The molecule has 0 radical (unpaired) electrons. The number of rotatable bonds is 12. The molecular formula is C19H27NO10. The van der Waals surface area contributed by atoms with Crippen LogP contribution in [0.2, 0.25) is 0 Å². The number of carboxylic acids is 2. The molecule has 0 saturated carbocycles. The first kappa shape index (κ1) is 27.0. The normalized spacial score (nSPS) is 10.4. The Hall–Kier alpha value is -2.99. The third kappa shape index (κ3) is 9.47. The number of carboxylic acid groups (broad SMARTS) is 2. The SMILES string of the molecule is C=COCCCCOC(=O)c1ccc(C(=O)O)cc1C(=O)O.NC(CO)(CO)CO. The summed E-state index contributed by atoms with van der Waals surface area (Å²) in [5.74, 6) is -3.47. The van der Waals surface area contributed by atoms with Crippen molar-refractivity contribution in [2.75, 3.05) is 33.0 Å². The van der Waals surface area contributed by atoms with Gasteiger partial charge in [-0.2, -0.15) is 0 Å². The van der Waals surface area contributed by atoms with E-state index < -0.39 is 48.8 Å². The molecule has 0 fully saturated rings. The number of hydrogen-bond donors (Lipinski definition) is 6. The molecule has 0 heterocycles. The van der Waals surface area contributed by atoms with Gasteiger partial charge in [-0.3, -0.25) is 0 Å². The second-order valence-electron chi connectivity index (χ2n) is 6.09. The maximum atomic E-state index is 11.9. The van der Waals surface area contributed by atoms with Gasteiger partial charge in [0.1, 0.15) is 0 Å². The fraction of sp³-hybridized carbons (Fsp3) is 0.421. The van der Waals surface area contributed by atoms with Crippen LogP contribution in [0.3, 0.4) is 0 Å². The third-order valence-corrected chi connectivity index (χ3v) is 3.67. The van der Waals surface area contributed by atoms with E-state index in [1.807, 2.05) is 0 Å². The van der Waals surface area contributed by atoms with Crippen LogP contribution in [0.4, 0.5) is 0 Å². The van der Waals surface area contributed by atoms with Gasteiger partial charge in [0.15, 0.2) is 0 Å². The molecule has 11 nitrogen and oxygen atoms in total. The number of carbonyl (C=O) groups excluding carboxylic acids is 1. The first-order chi connectivity index (χ1) is 14.2. The number of esters is 1. The number of hydrogen-bond acceptors (Lipinski definition) is 9. The highest BCUT2D eigenvalue weighted by Gasteiger charge is 2.21. The third-order valence-electron chi connectivity index (χ3n) is 3.67. The van der Waals surface area contributed by atoms with Crippen LogP contribution in [0.5, 0.6) is 0 Å². The van der Waals surface area contributed by atoms with Gasteiger partial charge in [-0.15, -0.1) is 0 Å². The van der Waals surface area contributed by atoms with Crippen LogP contribution in [0.1, 0.15) is 43.9 Å². The van der Waals surface area contributed by atoms with Crippen molar-refractivity contribution in [2.45, 2.75) is 18.4 Å². The van der Waals surface area contributed by atoms with Gasteiger partial charge in [-0.05, 0) is 31.0 Å². The molecular weight excluding hydrogens is 402 g/mol. The van der Waals surface area contributed by atoms with Gasteiger partial charge in [0.05, 0.1) is 61.5 Å². The second kappa shape index (κ2) is 14.1. The zero-order valence-corrected chi connectivity index (χ0v) is 16.3. The molecule has 0 spiro atoms. The summed E-state index contributed by atoms with van der Waals surface area (Å²) in [4.78, 5) is 33.8. The lowest BCUT2D eigenvalue weighted by molar-refractivity contribution is 0.0481. The summed E-state index contributed by atoms with van der Waals surface area (Å²) in [5.41, 5.74) is 3.14. The Kier molecular flexibility index (Phi) is 12.7. The zero-order valence-electron chi connectivity index (χ0n) is 16.3. The molecule has 0 saturated heterocycles. The standard InChI is InChI=1S/C15H16O7.C4H11NO3/c1-2-21-7-3-4-8-22-15(20)11-6-5-10(13(16)17)9-12(11)14(18)19;5-4(1-6,2-7)3-8/h2,5-6,9H,1,3-4,7-8H2,(H,16,17)(H,18,19);6-8H,1-3,5H2. The lowest BCUT2D eigenvalue weighted by atomic mass is 10.0. The molecule has 0 aliphatic rings. The van der Waals surface area contributed by atoms with E-state index in [1.165, 1.54) is 6.26 Å². The van der Waals surface area contributed by atoms with Gasteiger partial charge in [0.25, 0.3) is 0 Å². The molecule has 0 unspecified atom stereocenters. The minimum atomic E-state index is -1.39. The lowest BCUT2D eigenvalue weighted by Crippen LogP contribution is -2.50. The first-order valence-corrected chi connectivity index (χ1v) is 8.77. The Balaban J connectivity index is 0.000000890. The topological polar surface area (TPSA) is 197 Å². The highest BCUT2D eigenvalue weighted by Crippen LogP contribution is 2.14. The van der Waals surface area contributed by atoms with E-state index in [1.54, 1.807) is 0 Å². The maximum Gasteiger partial charge on any atom is 0.339 e. The van der Waals surface area contributed by atoms with E-state index >= 15 is 0 Å². The summed E-state index contributed by atoms with van der Waals surface area (Å²) in [6.07, 6.45) is 2.52. The summed E-state index contributed by atoms with van der Waals surface area (Å²) in [7, 11) is 0. The van der Waals surface area contributed by atoms with Gasteiger partial charge in [0.2, 0.25) is 0 Å². The largest absolute Gasteiger partial charge is 0.502 e. The Morgan fingerprint density at radius 1 is 0.967 bits per heavy atom. The van der Waals surface area contributed by atoms with Gasteiger partial charge in [-0.25, -0.2) is 14.4 Å². The van der Waals surface area contributed by atoms with E-state index in [9.17, 15) is 14.4 Å². The fourth-order valence-electron chi connectivity index (χ4n) is 1.80. The van der Waals surface area contributed by atoms with Crippen LogP contribution in [0.25, 0.3) is 0 Å². The van der Waals surface area contributed by atoms with E-state index in [-0.39, 0.29) is 17.7 Å². The van der Waals surface area contributed by atoms with Crippen molar-refractivity contribution in [1.29, 1.82) is 0 Å². The van der Waals surface area contributed by atoms with Crippen LogP contribution >= 0.6 is 0 Å². The molecule has 0 bridgehead atoms. The summed E-state index contributed by atoms with van der Waals surface area (Å²) in [6, 6.07) is 3.22. The molecule has 1 aromatic carbocycles. The average Bonchev–Trinajstić information content (AvgIpc) is 2.75. The first-order valence-electron chi connectivity index (χ1n) is 8.77. The van der Waals surface area contributed by atoms with E-state index in [0.29, 0.717) is 19.4 Å². The molecule has 7 N–H and O–H groups in total. The van der Waals surface area contributed by atoms with E-state index in [4.69, 9.17) is 40.7 Å². The fourth-order valence-corrected chi connectivity index (χ4v) is 1.80. The average molecular weight is 429 g/mol. The summed E-state index contributed by atoms with van der Waals surface area (Å²) < 4.78 is 9.87. The van der Waals surface area contributed by atoms with Crippen LogP contribution < -0.4 is 5.73 Å². The summed E-state index contributed by atoms with van der Waals surface area (Å²) >= 11 is 0. The Bertz CT molecular complexity index is 707. The number of nitrogens with two attached hydrogens (primary N) is 1. The van der Waals surface area contributed by atoms with Crippen LogP contribution in [-0.2, 0) is 9.47 Å². The van der Waals surface area contributed by atoms with Crippen LogP contribution in [0.15, 0.2) is 31.0 Å². The number of carbonyl (C=O) groups is 3. The molecule has 0 aliphatic heterocycles. The zero-order chi connectivity index (χ0) is 23.2. The van der Waals surface area contributed by atoms with Crippen molar-refractivity contribution >= 4 is 17.9 Å². The Morgan fingerprint density at radius 3 is 1.97 bits per heavy atom. The van der Waals surface area contributed by atoms with E-state index in [2.05, 4.69) is 6.58 Å². The monoisotopic (exact) mass is 429 g/mol. The van der Waals surface area contributed by atoms with Gasteiger partial charge < -0.3 is 40.7 Å². The lowest BCUT2D eigenvalue weighted by Gasteiger charge is -2.20. The quantitative estimate of drug-likeness (QED) is 0.147. The second-order valence-corrected chi connectivity index (χ2v) is 6.09. The van der Waals surface area contributed by atoms with Crippen LogP contribution in [-0.4, -0.2) is 82.0 Å². The van der Waals surface area contributed by atoms with Crippen molar-refractivity contribution in [3.8, 4) is 0 Å². The number of aliphatic hydroxyl groups excluding tert-OH is 3. The van der Waals surface area contributed by atoms with Crippen LogP contribution in [0, 0.1) is 0 Å². The van der Waals surface area contributed by atoms with Crippen molar-refractivity contribution in [1.82, 2.24) is 0 Å². The molecule has 0 amide bonds. The molecule has 0 atom stereocenters. The molecule has 11 heteroatoms. The predicted octanol–water partition coefficient (Wildman–Crippen LogP) is -0.159. The Morgan fingerprint density at radius 2 is 1.53 bits per heavy atom. The van der Waals surface area contributed by atoms with Gasteiger partial charge >= 0.3 is 17.9 Å². The molecule has 1 aromatic rings. The van der Waals surface area contributed by atoms with E-state index in [0.717, 1.165) is 18.2 Å². The minimum absolute atomic E-state index is 0.110. The predicted molar refractivity (Wildman–Crippen MR) is 104 cm³/mol. The Labute approximate surface area is 173 Å². The number of aliphatic hydroxyl groups is 3. The summed E-state index contributed by atoms with van der Waals surface area (Å²) in [6.45, 7) is 2.74. The highest BCUT2D eigenvalue weighted by molar-refractivity contribution is 6.04. The van der Waals surface area contributed by atoms with Crippen molar-refractivity contribution in [3.05, 3.63) is 47.7 Å². The molecule has 168 valence electrons. The minimum Gasteiger partial charge on any atom is -0.502 e. The summed E-state index contributed by atoms with van der Waals surface area (Å²) in [5, 5.41) is 42.9. The number of aromatic carboxylic acids is 2. The number of benzene rings is 1. The van der Waals surface area contributed by atoms with Gasteiger partial charge in [0, 0.05) is 0 Å².